The lowest BCUT2D eigenvalue weighted by atomic mass is 9.97. The molecule has 0 unspecified atom stereocenters. The minimum Gasteiger partial charge on any atom is -0.305 e. The second kappa shape index (κ2) is 4.26. The molecule has 2 heteroatoms. The van der Waals surface area contributed by atoms with Gasteiger partial charge in [0.15, 0.2) is 0 Å². The predicted octanol–water partition coefficient (Wildman–Crippen LogP) is 3.91. The molecule has 1 aromatic rings. The third kappa shape index (κ3) is 2.61. The summed E-state index contributed by atoms with van der Waals surface area (Å²) in [5.41, 5.74) is 2.99. The summed E-state index contributed by atoms with van der Waals surface area (Å²) in [6.45, 7) is 15.6. The maximum atomic E-state index is 3.63. The number of nitrogens with one attached hydrogen (secondary N) is 1. The van der Waals surface area contributed by atoms with Crippen LogP contribution in [0.25, 0.3) is 0 Å². The van der Waals surface area contributed by atoms with Crippen LogP contribution in [-0.2, 0) is 5.54 Å². The van der Waals surface area contributed by atoms with Crippen molar-refractivity contribution in [2.75, 3.05) is 0 Å². The van der Waals surface area contributed by atoms with Crippen LogP contribution in [-0.4, -0.2) is 6.04 Å². The van der Waals surface area contributed by atoms with Gasteiger partial charge in [0.2, 0.25) is 0 Å². The zero-order valence-electron chi connectivity index (χ0n) is 11.0. The van der Waals surface area contributed by atoms with Gasteiger partial charge in [0.05, 0.1) is 0 Å². The number of rotatable bonds is 3. The molecule has 1 heterocycles. The molecule has 0 aromatic carbocycles. The molecule has 0 saturated carbocycles. The van der Waals surface area contributed by atoms with Gasteiger partial charge in [-0.3, -0.25) is 0 Å². The van der Waals surface area contributed by atoms with E-state index in [1.165, 1.54) is 20.9 Å². The predicted molar refractivity (Wildman–Crippen MR) is 69.8 cm³/mol. The topological polar surface area (TPSA) is 12.0 Å². The van der Waals surface area contributed by atoms with Crippen LogP contribution in [0.15, 0.2) is 0 Å². The van der Waals surface area contributed by atoms with Gasteiger partial charge in [-0.1, -0.05) is 13.8 Å². The van der Waals surface area contributed by atoms with Crippen molar-refractivity contribution in [3.05, 3.63) is 20.9 Å². The standard InChI is InChI=1S/C13H23NS/c1-8(2)14-13(6,7)12-10(4)9(3)11(5)15-12/h8,14H,1-7H3. The highest BCUT2D eigenvalue weighted by molar-refractivity contribution is 7.12. The van der Waals surface area contributed by atoms with E-state index in [-0.39, 0.29) is 5.54 Å². The lowest BCUT2D eigenvalue weighted by molar-refractivity contribution is 0.371. The Bertz CT molecular complexity index is 348. The van der Waals surface area contributed by atoms with Gasteiger partial charge in [-0.05, 0) is 45.7 Å². The molecule has 15 heavy (non-hydrogen) atoms. The summed E-state index contributed by atoms with van der Waals surface area (Å²) >= 11 is 1.93. The van der Waals surface area contributed by atoms with Gasteiger partial charge >= 0.3 is 0 Å². The van der Waals surface area contributed by atoms with E-state index in [9.17, 15) is 0 Å². The van der Waals surface area contributed by atoms with Crippen molar-refractivity contribution < 1.29 is 0 Å². The summed E-state index contributed by atoms with van der Waals surface area (Å²) in [6, 6.07) is 0.516. The zero-order chi connectivity index (χ0) is 11.8. The van der Waals surface area contributed by atoms with Gasteiger partial charge in [-0.2, -0.15) is 0 Å². The highest BCUT2D eigenvalue weighted by atomic mass is 32.1. The molecule has 1 aromatic heterocycles. The lowest BCUT2D eigenvalue weighted by Gasteiger charge is -2.29. The van der Waals surface area contributed by atoms with E-state index in [0.717, 1.165) is 0 Å². The molecule has 0 atom stereocenters. The van der Waals surface area contributed by atoms with E-state index in [0.29, 0.717) is 6.04 Å². The van der Waals surface area contributed by atoms with Crippen molar-refractivity contribution in [3.8, 4) is 0 Å². The van der Waals surface area contributed by atoms with Crippen LogP contribution >= 0.6 is 11.3 Å². The molecule has 0 bridgehead atoms. The first-order valence-electron chi connectivity index (χ1n) is 5.60. The number of hydrogen-bond donors (Lipinski definition) is 1. The summed E-state index contributed by atoms with van der Waals surface area (Å²) in [6.07, 6.45) is 0. The first-order valence-corrected chi connectivity index (χ1v) is 6.42. The average Bonchev–Trinajstić information content (AvgIpc) is 2.31. The Morgan fingerprint density at radius 1 is 1.07 bits per heavy atom. The molecule has 0 radical (unpaired) electrons. The Balaban J connectivity index is 3.09. The zero-order valence-corrected chi connectivity index (χ0v) is 11.8. The van der Waals surface area contributed by atoms with E-state index in [2.05, 4.69) is 53.8 Å². The molecule has 1 N–H and O–H groups in total. The number of hydrogen-bond acceptors (Lipinski definition) is 2. The Morgan fingerprint density at radius 3 is 1.93 bits per heavy atom. The van der Waals surface area contributed by atoms with E-state index in [1.807, 2.05) is 11.3 Å². The Morgan fingerprint density at radius 2 is 1.60 bits per heavy atom. The smallest absolute Gasteiger partial charge is 0.0476 e. The quantitative estimate of drug-likeness (QED) is 0.822. The van der Waals surface area contributed by atoms with Crippen molar-refractivity contribution in [2.24, 2.45) is 0 Å². The summed E-state index contributed by atoms with van der Waals surface area (Å²) < 4.78 is 0. The van der Waals surface area contributed by atoms with Crippen LogP contribution in [0.3, 0.4) is 0 Å². The molecule has 0 aliphatic carbocycles. The SMILES string of the molecule is Cc1sc(C(C)(C)NC(C)C)c(C)c1C. The highest BCUT2D eigenvalue weighted by Crippen LogP contribution is 2.34. The van der Waals surface area contributed by atoms with Gasteiger partial charge in [-0.25, -0.2) is 0 Å². The Kier molecular flexibility index (Phi) is 3.62. The van der Waals surface area contributed by atoms with Gasteiger partial charge in [-0.15, -0.1) is 11.3 Å². The number of thiophene rings is 1. The molecule has 0 spiro atoms. The molecule has 1 nitrogen and oxygen atoms in total. The van der Waals surface area contributed by atoms with Gasteiger partial charge in [0.1, 0.15) is 0 Å². The van der Waals surface area contributed by atoms with E-state index < -0.39 is 0 Å². The molecule has 0 saturated heterocycles. The summed E-state index contributed by atoms with van der Waals surface area (Å²) in [5, 5.41) is 3.63. The number of aryl methyl sites for hydroxylation is 1. The summed E-state index contributed by atoms with van der Waals surface area (Å²) in [7, 11) is 0. The second-order valence-electron chi connectivity index (χ2n) is 5.16. The molecule has 0 fully saturated rings. The van der Waals surface area contributed by atoms with Gasteiger partial charge in [0, 0.05) is 21.3 Å². The van der Waals surface area contributed by atoms with Crippen LogP contribution in [0, 0.1) is 20.8 Å². The fourth-order valence-electron chi connectivity index (χ4n) is 2.12. The van der Waals surface area contributed by atoms with E-state index in [1.54, 1.807) is 0 Å². The minimum absolute atomic E-state index is 0.0853. The first-order chi connectivity index (χ1) is 6.75. The van der Waals surface area contributed by atoms with Crippen molar-refractivity contribution >= 4 is 11.3 Å². The normalized spacial score (nSPS) is 12.5. The molecular weight excluding hydrogens is 202 g/mol. The fourth-order valence-corrected chi connectivity index (χ4v) is 3.36. The van der Waals surface area contributed by atoms with E-state index >= 15 is 0 Å². The highest BCUT2D eigenvalue weighted by Gasteiger charge is 2.26. The summed E-state index contributed by atoms with van der Waals surface area (Å²) in [5.74, 6) is 0. The minimum atomic E-state index is 0.0853. The maximum Gasteiger partial charge on any atom is 0.0476 e. The van der Waals surface area contributed by atoms with Crippen LogP contribution in [0.5, 0.6) is 0 Å². The van der Waals surface area contributed by atoms with Crippen molar-refractivity contribution in [3.63, 3.8) is 0 Å². The average molecular weight is 225 g/mol. The molecule has 86 valence electrons. The van der Waals surface area contributed by atoms with E-state index in [4.69, 9.17) is 0 Å². The van der Waals surface area contributed by atoms with Crippen molar-refractivity contribution in [2.45, 2.75) is 60.0 Å². The molecule has 0 aliphatic rings. The van der Waals surface area contributed by atoms with Crippen molar-refractivity contribution in [1.29, 1.82) is 0 Å². The monoisotopic (exact) mass is 225 g/mol. The van der Waals surface area contributed by atoms with Crippen molar-refractivity contribution in [1.82, 2.24) is 5.32 Å². The van der Waals surface area contributed by atoms with Gasteiger partial charge < -0.3 is 5.32 Å². The lowest BCUT2D eigenvalue weighted by Crippen LogP contribution is -2.40. The van der Waals surface area contributed by atoms with Crippen LogP contribution < -0.4 is 5.32 Å². The Labute approximate surface area is 97.9 Å². The van der Waals surface area contributed by atoms with Gasteiger partial charge in [0.25, 0.3) is 0 Å². The van der Waals surface area contributed by atoms with Crippen LogP contribution in [0.2, 0.25) is 0 Å². The molecular formula is C13H23NS. The third-order valence-corrected chi connectivity index (χ3v) is 4.54. The second-order valence-corrected chi connectivity index (χ2v) is 6.39. The Hall–Kier alpha value is -0.340. The maximum absolute atomic E-state index is 3.63. The molecule has 0 amide bonds. The summed E-state index contributed by atoms with van der Waals surface area (Å²) in [4.78, 5) is 2.92. The van der Waals surface area contributed by atoms with Crippen LogP contribution in [0.1, 0.15) is 48.6 Å². The first kappa shape index (κ1) is 12.7. The van der Waals surface area contributed by atoms with Crippen LogP contribution in [0.4, 0.5) is 0 Å². The largest absolute Gasteiger partial charge is 0.305 e. The fraction of sp³-hybridized carbons (Fsp3) is 0.692. The molecule has 1 rings (SSSR count). The molecule has 0 aliphatic heterocycles. The third-order valence-electron chi connectivity index (χ3n) is 2.90.